The molecule has 78 valence electrons. The van der Waals surface area contributed by atoms with Crippen molar-refractivity contribution in [1.29, 1.82) is 0 Å². The number of ether oxygens (including phenoxy) is 1. The normalized spacial score (nSPS) is 11.4. The van der Waals surface area contributed by atoms with E-state index in [1.165, 1.54) is 7.11 Å². The lowest BCUT2D eigenvalue weighted by atomic mass is 10.4. The third-order valence-electron chi connectivity index (χ3n) is 1.42. The fourth-order valence-electron chi connectivity index (χ4n) is 0.923. The minimum Gasteiger partial charge on any atom is -0.479 e. The number of alkyl halides is 3. The van der Waals surface area contributed by atoms with Crippen molar-refractivity contribution in [3.63, 3.8) is 0 Å². The second-order valence-electron chi connectivity index (χ2n) is 2.52. The van der Waals surface area contributed by atoms with Gasteiger partial charge in [-0.05, 0) is 0 Å². The SMILES string of the molecule is COc1nn(CC(F)(F)F)cc1C=O. The van der Waals surface area contributed by atoms with Gasteiger partial charge < -0.3 is 4.74 Å². The lowest BCUT2D eigenvalue weighted by Crippen LogP contribution is -2.17. The molecule has 0 spiro atoms. The van der Waals surface area contributed by atoms with Crippen molar-refractivity contribution >= 4 is 6.29 Å². The Bertz CT molecular complexity index is 332. The van der Waals surface area contributed by atoms with Crippen molar-refractivity contribution in [2.24, 2.45) is 0 Å². The van der Waals surface area contributed by atoms with Crippen LogP contribution < -0.4 is 4.74 Å². The van der Waals surface area contributed by atoms with Gasteiger partial charge in [0.05, 0.1) is 12.7 Å². The second kappa shape index (κ2) is 3.69. The number of rotatable bonds is 3. The monoisotopic (exact) mass is 208 g/mol. The van der Waals surface area contributed by atoms with Gasteiger partial charge in [-0.1, -0.05) is 0 Å². The molecule has 0 fully saturated rings. The number of aldehydes is 1. The quantitative estimate of drug-likeness (QED) is 0.702. The molecule has 14 heavy (non-hydrogen) atoms. The molecule has 1 aromatic rings. The van der Waals surface area contributed by atoms with E-state index in [1.54, 1.807) is 0 Å². The Hall–Kier alpha value is -1.53. The molecular weight excluding hydrogens is 201 g/mol. The summed E-state index contributed by atoms with van der Waals surface area (Å²) in [5.41, 5.74) is -0.00301. The predicted molar refractivity (Wildman–Crippen MR) is 40.2 cm³/mol. The molecule has 0 unspecified atom stereocenters. The number of halogens is 3. The highest BCUT2D eigenvalue weighted by molar-refractivity contribution is 5.77. The van der Waals surface area contributed by atoms with Gasteiger partial charge >= 0.3 is 6.18 Å². The summed E-state index contributed by atoms with van der Waals surface area (Å²) in [5.74, 6) is -0.107. The van der Waals surface area contributed by atoms with Crippen LogP contribution in [0.5, 0.6) is 5.88 Å². The van der Waals surface area contributed by atoms with E-state index in [-0.39, 0.29) is 11.4 Å². The number of nitrogens with zero attached hydrogens (tertiary/aromatic N) is 2. The Morgan fingerprint density at radius 3 is 2.64 bits per heavy atom. The van der Waals surface area contributed by atoms with Gasteiger partial charge in [-0.2, -0.15) is 13.2 Å². The first-order chi connectivity index (χ1) is 6.46. The summed E-state index contributed by atoms with van der Waals surface area (Å²) < 4.78 is 40.9. The fraction of sp³-hybridized carbons (Fsp3) is 0.429. The van der Waals surface area contributed by atoms with Gasteiger partial charge in [-0.3, -0.25) is 9.48 Å². The van der Waals surface area contributed by atoms with E-state index >= 15 is 0 Å². The Morgan fingerprint density at radius 2 is 2.29 bits per heavy atom. The molecule has 4 nitrogen and oxygen atoms in total. The Labute approximate surface area is 77.3 Å². The van der Waals surface area contributed by atoms with Crippen LogP contribution in [0.4, 0.5) is 13.2 Å². The Morgan fingerprint density at radius 1 is 1.64 bits per heavy atom. The highest BCUT2D eigenvalue weighted by Gasteiger charge is 2.29. The molecule has 0 atom stereocenters. The molecule has 0 aliphatic carbocycles. The maximum absolute atomic E-state index is 11.9. The van der Waals surface area contributed by atoms with E-state index < -0.39 is 12.7 Å². The maximum atomic E-state index is 11.9. The fourth-order valence-corrected chi connectivity index (χ4v) is 0.923. The molecule has 0 amide bonds. The van der Waals surface area contributed by atoms with Crippen LogP contribution in [0.25, 0.3) is 0 Å². The largest absolute Gasteiger partial charge is 0.479 e. The van der Waals surface area contributed by atoms with Crippen LogP contribution >= 0.6 is 0 Å². The summed E-state index contributed by atoms with van der Waals surface area (Å²) in [6.07, 6.45) is -2.99. The maximum Gasteiger partial charge on any atom is 0.408 e. The molecule has 1 rings (SSSR count). The summed E-state index contributed by atoms with van der Waals surface area (Å²) in [6, 6.07) is 0. The van der Waals surface area contributed by atoms with Gasteiger partial charge in [-0.25, -0.2) is 0 Å². The summed E-state index contributed by atoms with van der Waals surface area (Å²) in [4.78, 5) is 10.4. The van der Waals surface area contributed by atoms with Crippen molar-refractivity contribution in [1.82, 2.24) is 9.78 Å². The third kappa shape index (κ3) is 2.48. The van der Waals surface area contributed by atoms with Crippen LogP contribution in [-0.2, 0) is 6.54 Å². The molecule has 0 bridgehead atoms. The van der Waals surface area contributed by atoms with Crippen LogP contribution in [0.15, 0.2) is 6.20 Å². The average Bonchev–Trinajstić information content (AvgIpc) is 2.43. The van der Waals surface area contributed by atoms with Gasteiger partial charge in [0, 0.05) is 6.20 Å². The topological polar surface area (TPSA) is 44.1 Å². The molecule has 0 aromatic carbocycles. The summed E-state index contributed by atoms with van der Waals surface area (Å²) in [6.45, 7) is -1.24. The van der Waals surface area contributed by atoms with Crippen molar-refractivity contribution in [3.8, 4) is 5.88 Å². The summed E-state index contributed by atoms with van der Waals surface area (Å²) >= 11 is 0. The first kappa shape index (κ1) is 10.6. The zero-order chi connectivity index (χ0) is 10.8. The number of carbonyl (C=O) groups excluding carboxylic acids is 1. The molecule has 1 aromatic heterocycles. The minimum absolute atomic E-state index is 0.00301. The van der Waals surface area contributed by atoms with E-state index in [0.29, 0.717) is 11.0 Å². The minimum atomic E-state index is -4.36. The van der Waals surface area contributed by atoms with Crippen LogP contribution in [0.3, 0.4) is 0 Å². The van der Waals surface area contributed by atoms with Crippen molar-refractivity contribution in [3.05, 3.63) is 11.8 Å². The van der Waals surface area contributed by atoms with Gasteiger partial charge in [-0.15, -0.1) is 5.10 Å². The molecule has 0 saturated heterocycles. The standard InChI is InChI=1S/C7H7F3N2O2/c1-14-6-5(3-13)2-12(11-6)4-7(8,9)10/h2-3H,4H2,1H3. The van der Waals surface area contributed by atoms with E-state index in [4.69, 9.17) is 0 Å². The number of hydrogen-bond acceptors (Lipinski definition) is 3. The molecule has 1 heterocycles. The number of aromatic nitrogens is 2. The Kier molecular flexibility index (Phi) is 2.78. The molecular formula is C7H7F3N2O2. The Balaban J connectivity index is 2.90. The molecule has 0 radical (unpaired) electrons. The van der Waals surface area contributed by atoms with E-state index in [2.05, 4.69) is 9.84 Å². The molecule has 0 N–H and O–H groups in total. The zero-order valence-corrected chi connectivity index (χ0v) is 7.21. The van der Waals surface area contributed by atoms with E-state index in [0.717, 1.165) is 6.20 Å². The number of hydrogen-bond donors (Lipinski definition) is 0. The molecule has 0 saturated carbocycles. The van der Waals surface area contributed by atoms with Crippen molar-refractivity contribution < 1.29 is 22.7 Å². The lowest BCUT2D eigenvalue weighted by Gasteiger charge is -2.04. The van der Waals surface area contributed by atoms with E-state index in [9.17, 15) is 18.0 Å². The highest BCUT2D eigenvalue weighted by atomic mass is 19.4. The van der Waals surface area contributed by atoms with E-state index in [1.807, 2.05) is 0 Å². The molecule has 0 aliphatic heterocycles. The first-order valence-corrected chi connectivity index (χ1v) is 3.59. The van der Waals surface area contributed by atoms with Crippen LogP contribution in [-0.4, -0.2) is 29.4 Å². The summed E-state index contributed by atoms with van der Waals surface area (Å²) in [7, 11) is 1.23. The smallest absolute Gasteiger partial charge is 0.408 e. The van der Waals surface area contributed by atoms with Crippen molar-refractivity contribution in [2.45, 2.75) is 12.7 Å². The second-order valence-corrected chi connectivity index (χ2v) is 2.52. The first-order valence-electron chi connectivity index (χ1n) is 3.59. The van der Waals surface area contributed by atoms with Gasteiger partial charge in [0.25, 0.3) is 0 Å². The molecule has 7 heteroatoms. The highest BCUT2D eigenvalue weighted by Crippen LogP contribution is 2.19. The van der Waals surface area contributed by atoms with Gasteiger partial charge in [0.1, 0.15) is 6.54 Å². The van der Waals surface area contributed by atoms with Gasteiger partial charge in [0.2, 0.25) is 5.88 Å². The average molecular weight is 208 g/mol. The summed E-state index contributed by atoms with van der Waals surface area (Å²) in [5, 5.41) is 3.43. The molecule has 0 aliphatic rings. The number of carbonyl (C=O) groups is 1. The van der Waals surface area contributed by atoms with Crippen LogP contribution in [0.1, 0.15) is 10.4 Å². The number of methoxy groups -OCH3 is 1. The third-order valence-corrected chi connectivity index (χ3v) is 1.42. The van der Waals surface area contributed by atoms with Gasteiger partial charge in [0.15, 0.2) is 6.29 Å². The van der Waals surface area contributed by atoms with Crippen LogP contribution in [0, 0.1) is 0 Å². The van der Waals surface area contributed by atoms with Crippen molar-refractivity contribution in [2.75, 3.05) is 7.11 Å². The predicted octanol–water partition coefficient (Wildman–Crippen LogP) is 1.27. The van der Waals surface area contributed by atoms with Crippen LogP contribution in [0.2, 0.25) is 0 Å². The lowest BCUT2D eigenvalue weighted by molar-refractivity contribution is -0.142. The zero-order valence-electron chi connectivity index (χ0n) is 7.21.